The summed E-state index contributed by atoms with van der Waals surface area (Å²) in [7, 11) is 3.37. The number of fused-ring (bicyclic) bond motifs is 1. The molecule has 1 heterocycles. The fourth-order valence-electron chi connectivity index (χ4n) is 2.32. The summed E-state index contributed by atoms with van der Waals surface area (Å²) < 4.78 is 12.7. The lowest BCUT2D eigenvalue weighted by molar-refractivity contribution is 0.154. The first kappa shape index (κ1) is 14.2. The first-order valence-electron chi connectivity index (χ1n) is 6.34. The van der Waals surface area contributed by atoms with Crippen LogP contribution in [0.2, 0.25) is 0 Å². The lowest BCUT2D eigenvalue weighted by Crippen LogP contribution is -2.16. The molecule has 104 valence electrons. The van der Waals surface area contributed by atoms with E-state index in [9.17, 15) is 0 Å². The third kappa shape index (κ3) is 2.69. The zero-order valence-corrected chi connectivity index (χ0v) is 12.3. The molecule has 0 radical (unpaired) electrons. The van der Waals surface area contributed by atoms with Crippen LogP contribution in [0.3, 0.4) is 0 Å². The van der Waals surface area contributed by atoms with Crippen molar-refractivity contribution in [1.29, 1.82) is 0 Å². The van der Waals surface area contributed by atoms with Crippen LogP contribution < -0.4 is 4.74 Å². The van der Waals surface area contributed by atoms with Gasteiger partial charge in [-0.3, -0.25) is 0 Å². The second kappa shape index (κ2) is 6.26. The van der Waals surface area contributed by atoms with Gasteiger partial charge in [0.2, 0.25) is 0 Å². The van der Waals surface area contributed by atoms with E-state index in [-0.39, 0.29) is 6.04 Å². The number of hydrogen-bond donors (Lipinski definition) is 0. The molecule has 5 heteroatoms. The zero-order chi connectivity index (χ0) is 13.8. The Hall–Kier alpha value is -1.26. The molecule has 0 spiro atoms. The summed E-state index contributed by atoms with van der Waals surface area (Å²) in [4.78, 5) is 4.59. The van der Waals surface area contributed by atoms with Crippen LogP contribution in [0.5, 0.6) is 5.75 Å². The molecule has 2 rings (SSSR count). The van der Waals surface area contributed by atoms with E-state index >= 15 is 0 Å². The van der Waals surface area contributed by atoms with E-state index < -0.39 is 0 Å². The van der Waals surface area contributed by atoms with E-state index in [0.717, 1.165) is 29.0 Å². The van der Waals surface area contributed by atoms with Crippen LogP contribution in [0.25, 0.3) is 11.0 Å². The van der Waals surface area contributed by atoms with Crippen LogP contribution in [-0.2, 0) is 10.6 Å². The van der Waals surface area contributed by atoms with Gasteiger partial charge in [0.25, 0.3) is 0 Å². The normalized spacial score (nSPS) is 12.8. The first-order valence-corrected chi connectivity index (χ1v) is 6.88. The number of imidazole rings is 1. The van der Waals surface area contributed by atoms with E-state index in [1.165, 1.54) is 0 Å². The van der Waals surface area contributed by atoms with Gasteiger partial charge in [0, 0.05) is 13.2 Å². The standard InChI is InChI=1S/C14H19ClN2O2/c1-4-10(9-18-2)17-13-6-5-11(19-3)7-12(13)16-14(17)8-15/h5-7,10H,4,8-9H2,1-3H3. The number of aromatic nitrogens is 2. The number of ether oxygens (including phenoxy) is 2. The Bertz CT molecular complexity index is 554. The summed E-state index contributed by atoms with van der Waals surface area (Å²) in [5, 5.41) is 0. The fraction of sp³-hybridized carbons (Fsp3) is 0.500. The van der Waals surface area contributed by atoms with Crippen molar-refractivity contribution < 1.29 is 9.47 Å². The lowest BCUT2D eigenvalue weighted by atomic mass is 10.2. The van der Waals surface area contributed by atoms with Gasteiger partial charge in [-0.25, -0.2) is 4.98 Å². The van der Waals surface area contributed by atoms with Gasteiger partial charge in [-0.2, -0.15) is 0 Å². The quantitative estimate of drug-likeness (QED) is 0.762. The van der Waals surface area contributed by atoms with E-state index in [1.54, 1.807) is 14.2 Å². The number of nitrogens with zero attached hydrogens (tertiary/aromatic N) is 2. The van der Waals surface area contributed by atoms with Gasteiger partial charge >= 0.3 is 0 Å². The minimum Gasteiger partial charge on any atom is -0.497 e. The highest BCUT2D eigenvalue weighted by molar-refractivity contribution is 6.16. The van der Waals surface area contributed by atoms with Gasteiger partial charge in [0.15, 0.2) is 0 Å². The van der Waals surface area contributed by atoms with Crippen molar-refractivity contribution in [2.75, 3.05) is 20.8 Å². The van der Waals surface area contributed by atoms with Crippen molar-refractivity contribution in [2.45, 2.75) is 25.3 Å². The Morgan fingerprint density at radius 2 is 2.16 bits per heavy atom. The van der Waals surface area contributed by atoms with Crippen molar-refractivity contribution in [1.82, 2.24) is 9.55 Å². The van der Waals surface area contributed by atoms with Crippen molar-refractivity contribution >= 4 is 22.6 Å². The monoisotopic (exact) mass is 282 g/mol. The molecule has 0 saturated heterocycles. The van der Waals surface area contributed by atoms with Crippen molar-refractivity contribution in [3.8, 4) is 5.75 Å². The molecule has 0 saturated carbocycles. The first-order chi connectivity index (χ1) is 9.24. The second-order valence-electron chi connectivity index (χ2n) is 4.40. The molecule has 1 aromatic heterocycles. The third-order valence-electron chi connectivity index (χ3n) is 3.28. The SMILES string of the molecule is CCC(COC)n1c(CCl)nc2cc(OC)ccc21. The number of hydrogen-bond acceptors (Lipinski definition) is 3. The topological polar surface area (TPSA) is 36.3 Å². The van der Waals surface area contributed by atoms with Crippen LogP contribution in [0, 0.1) is 0 Å². The number of rotatable bonds is 6. The predicted octanol–water partition coefficient (Wildman–Crippen LogP) is 3.38. The minimum atomic E-state index is 0.247. The molecule has 0 bridgehead atoms. The van der Waals surface area contributed by atoms with Crippen molar-refractivity contribution in [3.63, 3.8) is 0 Å². The molecule has 0 N–H and O–H groups in total. The highest BCUT2D eigenvalue weighted by Gasteiger charge is 2.17. The summed E-state index contributed by atoms with van der Waals surface area (Å²) in [6.07, 6.45) is 0.967. The molecular weight excluding hydrogens is 264 g/mol. The molecule has 0 aliphatic carbocycles. The van der Waals surface area contributed by atoms with Gasteiger partial charge in [-0.15, -0.1) is 11.6 Å². The smallest absolute Gasteiger partial charge is 0.125 e. The highest BCUT2D eigenvalue weighted by Crippen LogP contribution is 2.27. The average molecular weight is 283 g/mol. The molecular formula is C14H19ClN2O2. The molecule has 19 heavy (non-hydrogen) atoms. The molecule has 1 atom stereocenters. The summed E-state index contributed by atoms with van der Waals surface area (Å²) in [6, 6.07) is 6.15. The fourth-order valence-corrected chi connectivity index (χ4v) is 2.51. The number of methoxy groups -OCH3 is 2. The Kier molecular flexibility index (Phi) is 4.66. The van der Waals surface area contributed by atoms with Crippen molar-refractivity contribution in [2.24, 2.45) is 0 Å². The maximum Gasteiger partial charge on any atom is 0.125 e. The van der Waals surface area contributed by atoms with E-state index in [2.05, 4.69) is 16.5 Å². The highest BCUT2D eigenvalue weighted by atomic mass is 35.5. The van der Waals surface area contributed by atoms with Crippen LogP contribution >= 0.6 is 11.6 Å². The summed E-state index contributed by atoms with van der Waals surface area (Å²) in [5.74, 6) is 2.06. The predicted molar refractivity (Wildman–Crippen MR) is 77.0 cm³/mol. The van der Waals surface area contributed by atoms with Gasteiger partial charge in [-0.1, -0.05) is 6.92 Å². The molecule has 2 aromatic rings. The average Bonchev–Trinajstić information content (AvgIpc) is 2.82. The molecule has 0 aliphatic heterocycles. The van der Waals surface area contributed by atoms with Crippen molar-refractivity contribution in [3.05, 3.63) is 24.0 Å². The number of benzene rings is 1. The van der Waals surface area contributed by atoms with Gasteiger partial charge < -0.3 is 14.0 Å². The van der Waals surface area contributed by atoms with Crippen LogP contribution in [0.15, 0.2) is 18.2 Å². The molecule has 0 fully saturated rings. The third-order valence-corrected chi connectivity index (χ3v) is 3.52. The summed E-state index contributed by atoms with van der Waals surface area (Å²) in [5.41, 5.74) is 1.98. The Morgan fingerprint density at radius 3 is 2.74 bits per heavy atom. The molecule has 1 unspecified atom stereocenters. The van der Waals surface area contributed by atoms with Crippen LogP contribution in [-0.4, -0.2) is 30.4 Å². The van der Waals surface area contributed by atoms with Crippen LogP contribution in [0.4, 0.5) is 0 Å². The Labute approximate surface area is 118 Å². The maximum absolute atomic E-state index is 6.02. The summed E-state index contributed by atoms with van der Waals surface area (Å²) >= 11 is 6.02. The summed E-state index contributed by atoms with van der Waals surface area (Å²) in [6.45, 7) is 2.79. The van der Waals surface area contributed by atoms with Gasteiger partial charge in [0.05, 0.1) is 36.7 Å². The molecule has 0 amide bonds. The number of halogens is 1. The van der Waals surface area contributed by atoms with Gasteiger partial charge in [0.1, 0.15) is 11.6 Å². The van der Waals surface area contributed by atoms with E-state index in [1.807, 2.05) is 18.2 Å². The van der Waals surface area contributed by atoms with E-state index in [0.29, 0.717) is 12.5 Å². The molecule has 0 aliphatic rings. The van der Waals surface area contributed by atoms with Crippen LogP contribution in [0.1, 0.15) is 25.2 Å². The molecule has 4 nitrogen and oxygen atoms in total. The Morgan fingerprint density at radius 1 is 1.37 bits per heavy atom. The van der Waals surface area contributed by atoms with Gasteiger partial charge in [-0.05, 0) is 18.6 Å². The lowest BCUT2D eigenvalue weighted by Gasteiger charge is -2.19. The van der Waals surface area contributed by atoms with E-state index in [4.69, 9.17) is 21.1 Å². The largest absolute Gasteiger partial charge is 0.497 e. The maximum atomic E-state index is 6.02. The second-order valence-corrected chi connectivity index (χ2v) is 4.67. The Balaban J connectivity index is 2.56. The zero-order valence-electron chi connectivity index (χ0n) is 11.5. The number of alkyl halides is 1. The molecule has 1 aromatic carbocycles. The minimum absolute atomic E-state index is 0.247.